The van der Waals surface area contributed by atoms with Crippen molar-refractivity contribution in [1.82, 2.24) is 5.43 Å². The van der Waals surface area contributed by atoms with E-state index in [1.807, 2.05) is 48.5 Å². The van der Waals surface area contributed by atoms with Crippen LogP contribution in [0.5, 0.6) is 5.75 Å². The molecular weight excluding hydrogens is 270 g/mol. The molecular formula is C15H15N3OS. The molecule has 0 unspecified atom stereocenters. The number of hydrogen-bond donors (Lipinski definition) is 2. The van der Waals surface area contributed by atoms with Gasteiger partial charge in [-0.15, -0.1) is 0 Å². The maximum Gasteiger partial charge on any atom is 0.184 e. The fraction of sp³-hybridized carbons (Fsp3) is 0.0667. The summed E-state index contributed by atoms with van der Waals surface area (Å²) < 4.78 is 5.40. The lowest BCUT2D eigenvalue weighted by molar-refractivity contribution is 0.416. The lowest BCUT2D eigenvalue weighted by atomic mass is 10.0. The number of benzene rings is 2. The van der Waals surface area contributed by atoms with Gasteiger partial charge in [-0.1, -0.05) is 30.3 Å². The van der Waals surface area contributed by atoms with E-state index in [9.17, 15) is 0 Å². The van der Waals surface area contributed by atoms with Gasteiger partial charge in [0.25, 0.3) is 0 Å². The normalized spacial score (nSPS) is 10.4. The van der Waals surface area contributed by atoms with E-state index in [0.29, 0.717) is 0 Å². The highest BCUT2D eigenvalue weighted by molar-refractivity contribution is 7.80. The van der Waals surface area contributed by atoms with Crippen molar-refractivity contribution in [3.8, 4) is 16.9 Å². The van der Waals surface area contributed by atoms with E-state index in [4.69, 9.17) is 10.5 Å². The summed E-state index contributed by atoms with van der Waals surface area (Å²) in [4.78, 5) is 0. The number of methoxy groups -OCH3 is 1. The van der Waals surface area contributed by atoms with Crippen LogP contribution in [0.1, 0.15) is 5.56 Å². The van der Waals surface area contributed by atoms with Crippen LogP contribution >= 0.6 is 12.2 Å². The first-order valence-electron chi connectivity index (χ1n) is 6.02. The van der Waals surface area contributed by atoms with Gasteiger partial charge in [0.1, 0.15) is 5.75 Å². The molecule has 20 heavy (non-hydrogen) atoms. The second-order valence-corrected chi connectivity index (χ2v) is 4.50. The molecule has 0 spiro atoms. The van der Waals surface area contributed by atoms with E-state index in [0.717, 1.165) is 22.4 Å². The Balaban J connectivity index is 2.35. The molecule has 0 fully saturated rings. The fourth-order valence-corrected chi connectivity index (χ4v) is 1.87. The molecule has 0 atom stereocenters. The molecule has 2 aromatic rings. The monoisotopic (exact) mass is 285 g/mol. The van der Waals surface area contributed by atoms with E-state index >= 15 is 0 Å². The van der Waals surface area contributed by atoms with E-state index in [1.165, 1.54) is 0 Å². The summed E-state index contributed by atoms with van der Waals surface area (Å²) in [5, 5.41) is 4.09. The van der Waals surface area contributed by atoms with E-state index < -0.39 is 0 Å². The zero-order chi connectivity index (χ0) is 14.4. The number of nitrogens with zero attached hydrogens (tertiary/aromatic N) is 1. The first-order valence-corrected chi connectivity index (χ1v) is 6.43. The van der Waals surface area contributed by atoms with Gasteiger partial charge in [0.05, 0.1) is 13.3 Å². The van der Waals surface area contributed by atoms with Crippen LogP contribution in [0.25, 0.3) is 11.1 Å². The maximum absolute atomic E-state index is 5.40. The molecule has 0 aromatic heterocycles. The van der Waals surface area contributed by atoms with Crippen molar-refractivity contribution in [2.75, 3.05) is 7.11 Å². The van der Waals surface area contributed by atoms with Crippen molar-refractivity contribution >= 4 is 23.5 Å². The predicted octanol–water partition coefficient (Wildman–Crippen LogP) is 2.53. The van der Waals surface area contributed by atoms with Crippen LogP contribution in [-0.4, -0.2) is 18.4 Å². The Morgan fingerprint density at radius 3 is 2.65 bits per heavy atom. The van der Waals surface area contributed by atoms with E-state index in [1.54, 1.807) is 13.3 Å². The molecule has 5 heteroatoms. The minimum Gasteiger partial charge on any atom is -0.496 e. The first kappa shape index (κ1) is 14.0. The van der Waals surface area contributed by atoms with Gasteiger partial charge in [0, 0.05) is 5.56 Å². The van der Waals surface area contributed by atoms with E-state index in [2.05, 4.69) is 22.7 Å². The molecule has 0 radical (unpaired) electrons. The molecule has 0 aliphatic heterocycles. The topological polar surface area (TPSA) is 59.6 Å². The lowest BCUT2D eigenvalue weighted by Crippen LogP contribution is -2.23. The van der Waals surface area contributed by atoms with Crippen molar-refractivity contribution in [2.24, 2.45) is 10.8 Å². The largest absolute Gasteiger partial charge is 0.496 e. The van der Waals surface area contributed by atoms with Gasteiger partial charge in [-0.3, -0.25) is 5.43 Å². The van der Waals surface area contributed by atoms with Crippen molar-refractivity contribution in [3.63, 3.8) is 0 Å². The SMILES string of the molecule is COc1ccc(C=NNC(N)=S)cc1-c1ccccc1. The molecule has 4 nitrogen and oxygen atoms in total. The molecule has 2 aromatic carbocycles. The van der Waals surface area contributed by atoms with Crippen molar-refractivity contribution in [2.45, 2.75) is 0 Å². The zero-order valence-electron chi connectivity index (χ0n) is 11.0. The molecule has 2 rings (SSSR count). The van der Waals surface area contributed by atoms with Crippen molar-refractivity contribution < 1.29 is 4.74 Å². The van der Waals surface area contributed by atoms with Crippen LogP contribution in [-0.2, 0) is 0 Å². The molecule has 0 amide bonds. The number of rotatable bonds is 4. The zero-order valence-corrected chi connectivity index (χ0v) is 11.9. The van der Waals surface area contributed by atoms with Gasteiger partial charge >= 0.3 is 0 Å². The molecule has 0 heterocycles. The van der Waals surface area contributed by atoms with E-state index in [-0.39, 0.29) is 5.11 Å². The second kappa shape index (κ2) is 6.68. The highest BCUT2D eigenvalue weighted by atomic mass is 32.1. The Morgan fingerprint density at radius 1 is 1.25 bits per heavy atom. The third kappa shape index (κ3) is 3.55. The van der Waals surface area contributed by atoms with Crippen LogP contribution in [0.4, 0.5) is 0 Å². The molecule has 0 aliphatic rings. The van der Waals surface area contributed by atoms with Crippen LogP contribution < -0.4 is 15.9 Å². The maximum atomic E-state index is 5.40. The molecule has 0 saturated carbocycles. The fourth-order valence-electron chi connectivity index (χ4n) is 1.82. The number of hydrogen-bond acceptors (Lipinski definition) is 3. The quantitative estimate of drug-likeness (QED) is 0.515. The summed E-state index contributed by atoms with van der Waals surface area (Å²) in [6, 6.07) is 15.8. The predicted molar refractivity (Wildman–Crippen MR) is 85.9 cm³/mol. The Kier molecular flexibility index (Phi) is 4.68. The Labute approximate surface area is 123 Å². The van der Waals surface area contributed by atoms with Gasteiger partial charge in [0.15, 0.2) is 5.11 Å². The summed E-state index contributed by atoms with van der Waals surface area (Å²) in [6.45, 7) is 0. The Morgan fingerprint density at radius 2 is 2.00 bits per heavy atom. The average Bonchev–Trinajstić information content (AvgIpc) is 2.47. The van der Waals surface area contributed by atoms with Crippen molar-refractivity contribution in [3.05, 3.63) is 54.1 Å². The molecule has 0 bridgehead atoms. The number of thiocarbonyl (C=S) groups is 1. The molecule has 0 saturated heterocycles. The number of nitrogens with two attached hydrogens (primary N) is 1. The van der Waals surface area contributed by atoms with Gasteiger partial charge in [0.2, 0.25) is 0 Å². The third-order valence-corrected chi connectivity index (χ3v) is 2.79. The molecule has 102 valence electrons. The standard InChI is InChI=1S/C15H15N3OS/c1-19-14-8-7-11(10-17-18-15(16)20)9-13(14)12-5-3-2-4-6-12/h2-10H,1H3,(H3,16,18,20). The lowest BCUT2D eigenvalue weighted by Gasteiger charge is -2.09. The van der Waals surface area contributed by atoms with Crippen LogP contribution in [0.3, 0.4) is 0 Å². The van der Waals surface area contributed by atoms with Gasteiger partial charge in [-0.25, -0.2) is 0 Å². The van der Waals surface area contributed by atoms with Gasteiger partial charge in [-0.2, -0.15) is 5.10 Å². The molecule has 3 N–H and O–H groups in total. The Bertz CT molecular complexity index is 626. The van der Waals surface area contributed by atoms with Crippen LogP contribution in [0, 0.1) is 0 Å². The van der Waals surface area contributed by atoms with Gasteiger partial charge < -0.3 is 10.5 Å². The average molecular weight is 285 g/mol. The number of hydrazone groups is 1. The summed E-state index contributed by atoms with van der Waals surface area (Å²) in [6.07, 6.45) is 1.66. The number of ether oxygens (including phenoxy) is 1. The van der Waals surface area contributed by atoms with Crippen LogP contribution in [0.2, 0.25) is 0 Å². The highest BCUT2D eigenvalue weighted by Crippen LogP contribution is 2.30. The van der Waals surface area contributed by atoms with Crippen molar-refractivity contribution in [1.29, 1.82) is 0 Å². The Hall–Kier alpha value is -2.40. The summed E-state index contributed by atoms with van der Waals surface area (Å²) in [5.41, 5.74) is 10.9. The second-order valence-electron chi connectivity index (χ2n) is 4.06. The third-order valence-electron chi connectivity index (χ3n) is 2.70. The first-order chi connectivity index (χ1) is 9.70. The van der Waals surface area contributed by atoms with Gasteiger partial charge in [-0.05, 0) is 41.5 Å². The number of nitrogens with one attached hydrogen (secondary N) is 1. The summed E-state index contributed by atoms with van der Waals surface area (Å²) in [7, 11) is 1.66. The minimum absolute atomic E-state index is 0.137. The molecule has 0 aliphatic carbocycles. The van der Waals surface area contributed by atoms with Crippen LogP contribution in [0.15, 0.2) is 53.6 Å². The highest BCUT2D eigenvalue weighted by Gasteiger charge is 2.05. The minimum atomic E-state index is 0.137. The summed E-state index contributed by atoms with van der Waals surface area (Å²) >= 11 is 4.69. The summed E-state index contributed by atoms with van der Waals surface area (Å²) in [5.74, 6) is 0.815. The smallest absolute Gasteiger partial charge is 0.184 e.